The van der Waals surface area contributed by atoms with E-state index in [4.69, 9.17) is 12.2 Å². The fourth-order valence-corrected chi connectivity index (χ4v) is 2.08. The van der Waals surface area contributed by atoms with Crippen LogP contribution in [-0.2, 0) is 0 Å². The molecule has 7 heteroatoms. The summed E-state index contributed by atoms with van der Waals surface area (Å²) < 4.78 is 0.525. The molecule has 0 saturated heterocycles. The van der Waals surface area contributed by atoms with Crippen LogP contribution < -0.4 is 5.43 Å². The van der Waals surface area contributed by atoms with Crippen LogP contribution in [0.15, 0.2) is 47.8 Å². The Hall–Kier alpha value is -2.80. The van der Waals surface area contributed by atoms with Gasteiger partial charge in [-0.25, -0.2) is 5.43 Å². The fraction of sp³-hybridized carbons (Fsp3) is 0. The Morgan fingerprint density at radius 3 is 2.95 bits per heavy atom. The zero-order valence-corrected chi connectivity index (χ0v) is 11.6. The highest BCUT2D eigenvalue weighted by Gasteiger charge is 2.06. The molecule has 3 N–H and O–H groups in total. The zero-order chi connectivity index (χ0) is 14.7. The summed E-state index contributed by atoms with van der Waals surface area (Å²) in [4.78, 5) is 21.9. The topological polar surface area (TPSA) is 85.9 Å². The van der Waals surface area contributed by atoms with Crippen molar-refractivity contribution >= 4 is 35.4 Å². The minimum absolute atomic E-state index is 0.294. The Balaban J connectivity index is 1.74. The first kappa shape index (κ1) is 13.2. The van der Waals surface area contributed by atoms with Crippen LogP contribution in [0.4, 0.5) is 0 Å². The molecule has 0 aliphatic carbocycles. The van der Waals surface area contributed by atoms with Gasteiger partial charge < -0.3 is 9.97 Å². The lowest BCUT2D eigenvalue weighted by molar-refractivity contribution is 0.0955. The van der Waals surface area contributed by atoms with Crippen molar-refractivity contribution in [3.8, 4) is 0 Å². The van der Waals surface area contributed by atoms with E-state index in [9.17, 15) is 4.79 Å². The molecule has 1 amide bonds. The summed E-state index contributed by atoms with van der Waals surface area (Å²) in [5, 5.41) is 3.90. The van der Waals surface area contributed by atoms with Crippen molar-refractivity contribution in [2.75, 3.05) is 0 Å². The van der Waals surface area contributed by atoms with Crippen LogP contribution in [0.3, 0.4) is 0 Å². The Morgan fingerprint density at radius 1 is 1.29 bits per heavy atom. The number of H-pyrrole nitrogens is 2. The van der Waals surface area contributed by atoms with Crippen LogP contribution >= 0.6 is 12.2 Å². The van der Waals surface area contributed by atoms with Crippen molar-refractivity contribution in [1.82, 2.24) is 20.4 Å². The molecule has 0 aliphatic rings. The van der Waals surface area contributed by atoms with Crippen LogP contribution in [0.2, 0.25) is 0 Å². The van der Waals surface area contributed by atoms with Crippen LogP contribution in [0.25, 0.3) is 11.0 Å². The Kier molecular flexibility index (Phi) is 3.57. The quantitative estimate of drug-likeness (QED) is 0.394. The predicted molar refractivity (Wildman–Crippen MR) is 82.8 cm³/mol. The predicted octanol–water partition coefficient (Wildman–Crippen LogP) is 2.38. The van der Waals surface area contributed by atoms with Crippen LogP contribution in [0, 0.1) is 4.77 Å². The van der Waals surface area contributed by atoms with Gasteiger partial charge in [0, 0.05) is 23.5 Å². The molecule has 0 unspecified atom stereocenters. The summed E-state index contributed by atoms with van der Waals surface area (Å²) >= 11 is 5.00. The summed E-state index contributed by atoms with van der Waals surface area (Å²) in [6.45, 7) is 0. The van der Waals surface area contributed by atoms with E-state index in [0.717, 1.165) is 16.6 Å². The number of aromatic amines is 2. The smallest absolute Gasteiger partial charge is 0.271 e. The normalized spacial score (nSPS) is 11.0. The molecule has 0 bridgehead atoms. The van der Waals surface area contributed by atoms with Gasteiger partial charge in [0.25, 0.3) is 5.91 Å². The maximum Gasteiger partial charge on any atom is 0.271 e. The third-order valence-corrected chi connectivity index (χ3v) is 3.05. The molecule has 3 aromatic rings. The Labute approximate surface area is 124 Å². The number of rotatable bonds is 3. The van der Waals surface area contributed by atoms with E-state index in [1.165, 1.54) is 6.21 Å². The van der Waals surface area contributed by atoms with E-state index in [1.807, 2.05) is 6.07 Å². The molecule has 0 aliphatic heterocycles. The molecule has 3 rings (SSSR count). The summed E-state index contributed by atoms with van der Waals surface area (Å²) in [7, 11) is 0. The molecule has 6 nitrogen and oxygen atoms in total. The number of nitrogens with one attached hydrogen (secondary N) is 3. The average Bonchev–Trinajstić information content (AvgIpc) is 2.87. The third-order valence-electron chi connectivity index (χ3n) is 2.84. The van der Waals surface area contributed by atoms with Gasteiger partial charge in [-0.1, -0.05) is 6.07 Å². The number of amides is 1. The molecule has 2 heterocycles. The summed E-state index contributed by atoms with van der Waals surface area (Å²) in [6, 6.07) is 8.86. The number of aromatic nitrogens is 3. The lowest BCUT2D eigenvalue weighted by Gasteiger charge is -1.99. The molecule has 0 radical (unpaired) electrons. The van der Waals surface area contributed by atoms with E-state index < -0.39 is 0 Å². The SMILES string of the molecule is O=C(N/N=C\c1cccnc1)c1ccc2[nH]c(=S)[nH]c2c1. The first-order valence-electron chi connectivity index (χ1n) is 6.18. The highest BCUT2D eigenvalue weighted by molar-refractivity contribution is 7.71. The van der Waals surface area contributed by atoms with E-state index in [1.54, 1.807) is 36.7 Å². The highest BCUT2D eigenvalue weighted by atomic mass is 32.1. The maximum absolute atomic E-state index is 12.0. The number of fused-ring (bicyclic) bond motifs is 1. The number of benzene rings is 1. The Morgan fingerprint density at radius 2 is 2.14 bits per heavy atom. The molecule has 2 aromatic heterocycles. The molecular weight excluding hydrogens is 286 g/mol. The van der Waals surface area contributed by atoms with Gasteiger partial charge in [-0.3, -0.25) is 9.78 Å². The third kappa shape index (κ3) is 3.03. The van der Waals surface area contributed by atoms with Gasteiger partial charge in [0.15, 0.2) is 4.77 Å². The number of hydrogen-bond acceptors (Lipinski definition) is 4. The molecular formula is C14H11N5OS. The number of imidazole rings is 1. The number of nitrogens with zero attached hydrogens (tertiary/aromatic N) is 2. The number of hydrogen-bond donors (Lipinski definition) is 3. The van der Waals surface area contributed by atoms with Gasteiger partial charge >= 0.3 is 0 Å². The number of hydrazone groups is 1. The highest BCUT2D eigenvalue weighted by Crippen LogP contribution is 2.12. The molecule has 21 heavy (non-hydrogen) atoms. The van der Waals surface area contributed by atoms with E-state index >= 15 is 0 Å². The monoisotopic (exact) mass is 297 g/mol. The zero-order valence-electron chi connectivity index (χ0n) is 10.8. The second-order valence-electron chi connectivity index (χ2n) is 4.32. The number of carbonyl (C=O) groups excluding carboxylic acids is 1. The molecule has 1 aromatic carbocycles. The van der Waals surface area contributed by atoms with E-state index in [-0.39, 0.29) is 5.91 Å². The molecule has 0 spiro atoms. The lowest BCUT2D eigenvalue weighted by atomic mass is 10.2. The van der Waals surface area contributed by atoms with Crippen LogP contribution in [0.1, 0.15) is 15.9 Å². The molecule has 0 fully saturated rings. The van der Waals surface area contributed by atoms with Gasteiger partial charge in [-0.15, -0.1) is 0 Å². The Bertz CT molecular complexity index is 866. The number of pyridine rings is 1. The molecule has 0 saturated carbocycles. The minimum atomic E-state index is -0.294. The van der Waals surface area contributed by atoms with Crippen LogP contribution in [-0.4, -0.2) is 27.1 Å². The fourth-order valence-electron chi connectivity index (χ4n) is 1.86. The van der Waals surface area contributed by atoms with Crippen molar-refractivity contribution in [2.24, 2.45) is 5.10 Å². The van der Waals surface area contributed by atoms with Crippen molar-refractivity contribution < 1.29 is 4.79 Å². The van der Waals surface area contributed by atoms with Gasteiger partial charge in [-0.05, 0) is 36.5 Å². The van der Waals surface area contributed by atoms with Gasteiger partial charge in [-0.2, -0.15) is 5.10 Å². The standard InChI is InChI=1S/C14H11N5OS/c20-13(19-16-8-9-2-1-5-15-7-9)10-3-4-11-12(6-10)18-14(21)17-11/h1-8H,(H,19,20)(H2,17,18,21)/b16-8-. The van der Waals surface area contributed by atoms with E-state index in [2.05, 4.69) is 25.5 Å². The van der Waals surface area contributed by atoms with Gasteiger partial charge in [0.1, 0.15) is 0 Å². The van der Waals surface area contributed by atoms with Crippen molar-refractivity contribution in [2.45, 2.75) is 0 Å². The average molecular weight is 297 g/mol. The lowest BCUT2D eigenvalue weighted by Crippen LogP contribution is -2.17. The largest absolute Gasteiger partial charge is 0.331 e. The first-order chi connectivity index (χ1) is 10.2. The number of carbonyl (C=O) groups is 1. The summed E-state index contributed by atoms with van der Waals surface area (Å²) in [6.07, 6.45) is 4.86. The van der Waals surface area contributed by atoms with Crippen molar-refractivity contribution in [3.63, 3.8) is 0 Å². The molecule has 104 valence electrons. The summed E-state index contributed by atoms with van der Waals surface area (Å²) in [5.74, 6) is -0.294. The molecule has 0 atom stereocenters. The minimum Gasteiger partial charge on any atom is -0.331 e. The van der Waals surface area contributed by atoms with Crippen molar-refractivity contribution in [3.05, 3.63) is 58.6 Å². The first-order valence-corrected chi connectivity index (χ1v) is 6.59. The van der Waals surface area contributed by atoms with Gasteiger partial charge in [0.05, 0.1) is 17.2 Å². The second-order valence-corrected chi connectivity index (χ2v) is 4.73. The van der Waals surface area contributed by atoms with Gasteiger partial charge in [0.2, 0.25) is 0 Å². The van der Waals surface area contributed by atoms with E-state index in [0.29, 0.717) is 10.3 Å². The summed E-state index contributed by atoms with van der Waals surface area (Å²) in [5.41, 5.74) is 5.41. The second kappa shape index (κ2) is 5.68. The van der Waals surface area contributed by atoms with Crippen molar-refractivity contribution in [1.29, 1.82) is 0 Å². The van der Waals surface area contributed by atoms with Crippen LogP contribution in [0.5, 0.6) is 0 Å². The maximum atomic E-state index is 12.0.